The van der Waals surface area contributed by atoms with Crippen molar-refractivity contribution in [3.05, 3.63) is 0 Å². The number of nitrogens with one attached hydrogen (secondary N) is 1. The highest BCUT2D eigenvalue weighted by Gasteiger charge is 2.39. The third kappa shape index (κ3) is 3.55. The van der Waals surface area contributed by atoms with E-state index in [1.807, 2.05) is 0 Å². The van der Waals surface area contributed by atoms with Gasteiger partial charge >= 0.3 is 0 Å². The highest BCUT2D eigenvalue weighted by atomic mass is 16.5. The van der Waals surface area contributed by atoms with Crippen molar-refractivity contribution < 1.29 is 4.74 Å². The van der Waals surface area contributed by atoms with E-state index < -0.39 is 0 Å². The third-order valence-corrected chi connectivity index (χ3v) is 5.91. The van der Waals surface area contributed by atoms with E-state index in [0.717, 1.165) is 30.9 Å². The van der Waals surface area contributed by atoms with Crippen LogP contribution in [0.3, 0.4) is 0 Å². The van der Waals surface area contributed by atoms with E-state index >= 15 is 0 Å². The summed E-state index contributed by atoms with van der Waals surface area (Å²) in [6.07, 6.45) is 8.99. The van der Waals surface area contributed by atoms with E-state index in [9.17, 15) is 0 Å². The molecule has 3 aliphatic rings. The quantitative estimate of drug-likeness (QED) is 0.775. The Bertz CT molecular complexity index is 303. The average Bonchev–Trinajstić information content (AvgIpc) is 3.16. The molecule has 5 unspecified atom stereocenters. The Morgan fingerprint density at radius 3 is 2.80 bits per heavy atom. The lowest BCUT2D eigenvalue weighted by Crippen LogP contribution is -2.41. The van der Waals surface area contributed by atoms with E-state index in [2.05, 4.69) is 24.2 Å². The highest BCUT2D eigenvalue weighted by Crippen LogP contribution is 2.48. The summed E-state index contributed by atoms with van der Waals surface area (Å²) in [6.45, 7) is 6.81. The van der Waals surface area contributed by atoms with Crippen LogP contribution in [0.25, 0.3) is 0 Å². The molecule has 2 saturated carbocycles. The second-order valence-electron chi connectivity index (χ2n) is 7.49. The van der Waals surface area contributed by atoms with Crippen molar-refractivity contribution in [2.45, 2.75) is 57.6 Å². The number of nitrogens with zero attached hydrogens (tertiary/aromatic N) is 1. The number of rotatable bonds is 7. The summed E-state index contributed by atoms with van der Waals surface area (Å²) in [7, 11) is 2.30. The van der Waals surface area contributed by atoms with Crippen LogP contribution in [0.5, 0.6) is 0 Å². The fourth-order valence-electron chi connectivity index (χ4n) is 4.70. The Labute approximate surface area is 124 Å². The Morgan fingerprint density at radius 2 is 2.15 bits per heavy atom. The highest BCUT2D eigenvalue weighted by molar-refractivity contribution is 4.91. The van der Waals surface area contributed by atoms with Gasteiger partial charge in [-0.25, -0.2) is 0 Å². The molecule has 3 nitrogen and oxygen atoms in total. The maximum absolute atomic E-state index is 5.74. The van der Waals surface area contributed by atoms with Crippen LogP contribution in [0.4, 0.5) is 0 Å². The van der Waals surface area contributed by atoms with Gasteiger partial charge in [-0.15, -0.1) is 0 Å². The van der Waals surface area contributed by atoms with Crippen LogP contribution in [0.15, 0.2) is 0 Å². The van der Waals surface area contributed by atoms with Crippen molar-refractivity contribution in [2.75, 3.05) is 33.3 Å². The third-order valence-electron chi connectivity index (χ3n) is 5.91. The summed E-state index contributed by atoms with van der Waals surface area (Å²) in [5.41, 5.74) is 0. The minimum atomic E-state index is 0.450. The Balaban J connectivity index is 1.30. The lowest BCUT2D eigenvalue weighted by atomic mass is 9.88. The summed E-state index contributed by atoms with van der Waals surface area (Å²) < 4.78 is 5.74. The predicted octanol–water partition coefficient (Wildman–Crippen LogP) is 2.51. The molecule has 0 radical (unpaired) electrons. The van der Waals surface area contributed by atoms with Crippen LogP contribution >= 0.6 is 0 Å². The van der Waals surface area contributed by atoms with E-state index in [1.165, 1.54) is 51.6 Å². The minimum absolute atomic E-state index is 0.450. The second kappa shape index (κ2) is 6.76. The average molecular weight is 280 g/mol. The number of hydrogen-bond donors (Lipinski definition) is 1. The van der Waals surface area contributed by atoms with Crippen LogP contribution in [0.1, 0.15) is 45.4 Å². The van der Waals surface area contributed by atoms with Gasteiger partial charge in [0, 0.05) is 32.3 Å². The SMILES string of the molecule is CC(NCCN(C)CC1CC2CCC1C2)C1CCCO1. The molecule has 116 valence electrons. The molecule has 20 heavy (non-hydrogen) atoms. The molecule has 0 aromatic heterocycles. The first-order chi connectivity index (χ1) is 9.72. The molecule has 1 saturated heterocycles. The van der Waals surface area contributed by atoms with Crippen LogP contribution < -0.4 is 5.32 Å². The smallest absolute Gasteiger partial charge is 0.0726 e. The molecule has 1 heterocycles. The molecule has 2 aliphatic carbocycles. The number of likely N-dealkylation sites (N-methyl/N-ethyl adjacent to an activating group) is 1. The molecule has 1 N–H and O–H groups in total. The Kier molecular flexibility index (Phi) is 5.00. The van der Waals surface area contributed by atoms with E-state index in [1.54, 1.807) is 0 Å². The molecule has 3 heteroatoms. The molecule has 3 fully saturated rings. The zero-order valence-electron chi connectivity index (χ0n) is 13.3. The van der Waals surface area contributed by atoms with Crippen molar-refractivity contribution in [2.24, 2.45) is 17.8 Å². The fourth-order valence-corrected chi connectivity index (χ4v) is 4.70. The molecular weight excluding hydrogens is 248 g/mol. The van der Waals surface area contributed by atoms with Gasteiger partial charge in [-0.2, -0.15) is 0 Å². The van der Waals surface area contributed by atoms with Crippen LogP contribution in [-0.4, -0.2) is 50.3 Å². The van der Waals surface area contributed by atoms with Gasteiger partial charge in [-0.1, -0.05) is 6.42 Å². The van der Waals surface area contributed by atoms with Gasteiger partial charge in [0.25, 0.3) is 0 Å². The molecule has 2 bridgehead atoms. The molecule has 0 aromatic carbocycles. The van der Waals surface area contributed by atoms with Gasteiger partial charge in [-0.3, -0.25) is 0 Å². The van der Waals surface area contributed by atoms with Crippen LogP contribution in [0, 0.1) is 17.8 Å². The van der Waals surface area contributed by atoms with Gasteiger partial charge in [0.05, 0.1) is 6.10 Å². The number of fused-ring (bicyclic) bond motifs is 2. The lowest BCUT2D eigenvalue weighted by Gasteiger charge is -2.28. The van der Waals surface area contributed by atoms with Crippen molar-refractivity contribution in [3.63, 3.8) is 0 Å². The normalized spacial score (nSPS) is 38.0. The van der Waals surface area contributed by atoms with Crippen molar-refractivity contribution in [3.8, 4) is 0 Å². The second-order valence-corrected chi connectivity index (χ2v) is 7.49. The van der Waals surface area contributed by atoms with E-state index in [-0.39, 0.29) is 0 Å². The maximum Gasteiger partial charge on any atom is 0.0726 e. The zero-order valence-corrected chi connectivity index (χ0v) is 13.3. The number of ether oxygens (including phenoxy) is 1. The molecule has 0 aromatic rings. The number of hydrogen-bond acceptors (Lipinski definition) is 3. The van der Waals surface area contributed by atoms with Gasteiger partial charge in [0.1, 0.15) is 0 Å². The molecule has 5 atom stereocenters. The topological polar surface area (TPSA) is 24.5 Å². The van der Waals surface area contributed by atoms with Crippen molar-refractivity contribution in [1.29, 1.82) is 0 Å². The van der Waals surface area contributed by atoms with Crippen molar-refractivity contribution in [1.82, 2.24) is 10.2 Å². The Hall–Kier alpha value is -0.120. The molecule has 0 spiro atoms. The Morgan fingerprint density at radius 1 is 1.25 bits per heavy atom. The van der Waals surface area contributed by atoms with Gasteiger partial charge in [0.15, 0.2) is 0 Å². The molecule has 1 aliphatic heterocycles. The van der Waals surface area contributed by atoms with Gasteiger partial charge in [-0.05, 0) is 63.8 Å². The van der Waals surface area contributed by atoms with E-state index in [4.69, 9.17) is 4.74 Å². The summed E-state index contributed by atoms with van der Waals surface area (Å²) >= 11 is 0. The predicted molar refractivity (Wildman–Crippen MR) is 82.9 cm³/mol. The summed E-state index contributed by atoms with van der Waals surface area (Å²) in [5, 5.41) is 3.65. The summed E-state index contributed by atoms with van der Waals surface area (Å²) in [4.78, 5) is 2.54. The van der Waals surface area contributed by atoms with Gasteiger partial charge in [0.2, 0.25) is 0 Å². The van der Waals surface area contributed by atoms with Gasteiger partial charge < -0.3 is 15.0 Å². The first kappa shape index (κ1) is 14.8. The largest absolute Gasteiger partial charge is 0.377 e. The standard InChI is InChI=1S/C17H32N2O/c1-13(17-4-3-9-20-17)18-7-8-19(2)12-16-11-14-5-6-15(16)10-14/h13-18H,3-12H2,1-2H3. The molecular formula is C17H32N2O. The van der Waals surface area contributed by atoms with E-state index in [0.29, 0.717) is 12.1 Å². The molecule has 0 amide bonds. The fraction of sp³-hybridized carbons (Fsp3) is 1.00. The molecule has 3 rings (SSSR count). The van der Waals surface area contributed by atoms with Crippen molar-refractivity contribution >= 4 is 0 Å². The summed E-state index contributed by atoms with van der Waals surface area (Å²) in [5.74, 6) is 3.13. The monoisotopic (exact) mass is 280 g/mol. The first-order valence-corrected chi connectivity index (χ1v) is 8.76. The van der Waals surface area contributed by atoms with Crippen LogP contribution in [0.2, 0.25) is 0 Å². The maximum atomic E-state index is 5.74. The summed E-state index contributed by atoms with van der Waals surface area (Å²) in [6, 6.07) is 0.508. The minimum Gasteiger partial charge on any atom is -0.377 e. The van der Waals surface area contributed by atoms with Crippen LogP contribution in [-0.2, 0) is 4.74 Å². The lowest BCUT2D eigenvalue weighted by molar-refractivity contribution is 0.0826. The zero-order chi connectivity index (χ0) is 13.9. The first-order valence-electron chi connectivity index (χ1n) is 8.76.